The van der Waals surface area contributed by atoms with E-state index in [9.17, 15) is 8.78 Å². The van der Waals surface area contributed by atoms with E-state index < -0.39 is 11.6 Å². The molecule has 118 valence electrons. The maximum Gasteiger partial charge on any atom is 0.130 e. The van der Waals surface area contributed by atoms with Crippen LogP contribution in [0.15, 0.2) is 18.2 Å². The van der Waals surface area contributed by atoms with Crippen LogP contribution in [0.5, 0.6) is 0 Å². The standard InChI is InChI=1S/C17H25F2NO/c1-6-20-15(12-8-7-11(18)9-14(12)19)13-10-16(2,3)21-17(13,4)5/h7-9,13,15,20H,6,10H2,1-5H3. The summed E-state index contributed by atoms with van der Waals surface area (Å²) in [4.78, 5) is 0. The van der Waals surface area contributed by atoms with E-state index in [0.29, 0.717) is 12.1 Å². The molecule has 4 heteroatoms. The van der Waals surface area contributed by atoms with Gasteiger partial charge in [-0.3, -0.25) is 0 Å². The minimum absolute atomic E-state index is 0.118. The largest absolute Gasteiger partial charge is 0.369 e. The molecule has 21 heavy (non-hydrogen) atoms. The van der Waals surface area contributed by atoms with Crippen molar-refractivity contribution in [1.29, 1.82) is 0 Å². The molecule has 0 bridgehead atoms. The van der Waals surface area contributed by atoms with Gasteiger partial charge in [0.15, 0.2) is 0 Å². The van der Waals surface area contributed by atoms with Crippen LogP contribution in [0.1, 0.15) is 52.6 Å². The lowest BCUT2D eigenvalue weighted by atomic mass is 9.78. The summed E-state index contributed by atoms with van der Waals surface area (Å²) < 4.78 is 33.5. The van der Waals surface area contributed by atoms with Gasteiger partial charge in [-0.2, -0.15) is 0 Å². The molecule has 1 aromatic rings. The summed E-state index contributed by atoms with van der Waals surface area (Å²) in [6, 6.07) is 3.62. The van der Waals surface area contributed by atoms with Gasteiger partial charge in [0, 0.05) is 23.6 Å². The first kappa shape index (κ1) is 16.4. The first-order valence-electron chi connectivity index (χ1n) is 7.55. The molecule has 1 aliphatic rings. The van der Waals surface area contributed by atoms with Gasteiger partial charge in [0.05, 0.1) is 11.2 Å². The molecule has 0 aliphatic carbocycles. The fraction of sp³-hybridized carbons (Fsp3) is 0.647. The van der Waals surface area contributed by atoms with E-state index in [1.54, 1.807) is 6.07 Å². The van der Waals surface area contributed by atoms with Crippen molar-refractivity contribution in [1.82, 2.24) is 5.32 Å². The van der Waals surface area contributed by atoms with Crippen molar-refractivity contribution in [3.63, 3.8) is 0 Å². The van der Waals surface area contributed by atoms with Gasteiger partial charge in [0.2, 0.25) is 0 Å². The third kappa shape index (κ3) is 3.43. The predicted octanol–water partition coefficient (Wildman–Crippen LogP) is 4.21. The molecule has 1 aliphatic heterocycles. The number of benzene rings is 1. The van der Waals surface area contributed by atoms with Gasteiger partial charge in [-0.1, -0.05) is 13.0 Å². The van der Waals surface area contributed by atoms with Crippen LogP contribution >= 0.6 is 0 Å². The zero-order valence-electron chi connectivity index (χ0n) is 13.5. The third-order valence-corrected chi connectivity index (χ3v) is 4.27. The minimum atomic E-state index is -0.547. The van der Waals surface area contributed by atoms with Crippen LogP contribution in [0.3, 0.4) is 0 Å². The molecule has 2 rings (SSSR count). The van der Waals surface area contributed by atoms with E-state index in [1.807, 2.05) is 20.8 Å². The van der Waals surface area contributed by atoms with Gasteiger partial charge in [-0.05, 0) is 46.7 Å². The molecule has 0 radical (unpaired) electrons. The summed E-state index contributed by atoms with van der Waals surface area (Å²) in [6.07, 6.45) is 0.828. The minimum Gasteiger partial charge on any atom is -0.369 e. The van der Waals surface area contributed by atoms with E-state index in [0.717, 1.165) is 12.5 Å². The highest BCUT2D eigenvalue weighted by Gasteiger charge is 2.49. The average Bonchev–Trinajstić information content (AvgIpc) is 2.55. The second-order valence-corrected chi connectivity index (χ2v) is 6.98. The smallest absolute Gasteiger partial charge is 0.130 e. The fourth-order valence-electron chi connectivity index (χ4n) is 3.57. The lowest BCUT2D eigenvalue weighted by Crippen LogP contribution is -2.39. The summed E-state index contributed by atoms with van der Waals surface area (Å²) >= 11 is 0. The Labute approximate surface area is 125 Å². The quantitative estimate of drug-likeness (QED) is 0.899. The first-order chi connectivity index (χ1) is 9.66. The Hall–Kier alpha value is -1.00. The number of nitrogens with one attached hydrogen (secondary N) is 1. The Bertz CT molecular complexity index is 514. The lowest BCUT2D eigenvalue weighted by Gasteiger charge is -2.34. The molecule has 1 aromatic carbocycles. The monoisotopic (exact) mass is 297 g/mol. The second kappa shape index (κ2) is 5.65. The van der Waals surface area contributed by atoms with Gasteiger partial charge >= 0.3 is 0 Å². The molecular weight excluding hydrogens is 272 g/mol. The highest BCUT2D eigenvalue weighted by molar-refractivity contribution is 5.24. The summed E-state index contributed by atoms with van der Waals surface area (Å²) in [5.41, 5.74) is -0.0900. The summed E-state index contributed by atoms with van der Waals surface area (Å²) in [6.45, 7) is 10.9. The highest BCUT2D eigenvalue weighted by Crippen LogP contribution is 2.48. The molecule has 1 heterocycles. The molecule has 0 amide bonds. The molecule has 1 saturated heterocycles. The normalized spacial score (nSPS) is 25.0. The first-order valence-corrected chi connectivity index (χ1v) is 7.55. The van der Waals surface area contributed by atoms with Crippen molar-refractivity contribution in [2.45, 2.75) is 58.3 Å². The summed E-state index contributed by atoms with van der Waals surface area (Å²) in [7, 11) is 0. The van der Waals surface area contributed by atoms with Crippen LogP contribution in [0.4, 0.5) is 8.78 Å². The molecule has 1 fully saturated rings. The third-order valence-electron chi connectivity index (χ3n) is 4.27. The Morgan fingerprint density at radius 1 is 1.29 bits per heavy atom. The zero-order valence-corrected chi connectivity index (χ0v) is 13.5. The van der Waals surface area contributed by atoms with Gasteiger partial charge in [-0.25, -0.2) is 8.78 Å². The number of hydrogen-bond donors (Lipinski definition) is 1. The summed E-state index contributed by atoms with van der Waals surface area (Å²) in [5.74, 6) is -0.928. The maximum absolute atomic E-state index is 14.2. The van der Waals surface area contributed by atoms with E-state index in [2.05, 4.69) is 19.2 Å². The molecule has 1 N–H and O–H groups in total. The maximum atomic E-state index is 14.2. The number of hydrogen-bond acceptors (Lipinski definition) is 2. The molecule has 2 nitrogen and oxygen atoms in total. The molecule has 2 atom stereocenters. The van der Waals surface area contributed by atoms with Crippen molar-refractivity contribution in [3.8, 4) is 0 Å². The lowest BCUT2D eigenvalue weighted by molar-refractivity contribution is -0.0779. The number of ether oxygens (including phenoxy) is 1. The van der Waals surface area contributed by atoms with Crippen molar-refractivity contribution in [2.75, 3.05) is 6.54 Å². The fourth-order valence-corrected chi connectivity index (χ4v) is 3.57. The molecular formula is C17H25F2NO. The van der Waals surface area contributed by atoms with Crippen LogP contribution in [0.25, 0.3) is 0 Å². The molecule has 0 saturated carbocycles. The van der Waals surface area contributed by atoms with Crippen LogP contribution < -0.4 is 5.32 Å². The SMILES string of the molecule is CCNC(c1ccc(F)cc1F)C1CC(C)(C)OC1(C)C. The Kier molecular flexibility index (Phi) is 4.41. The predicted molar refractivity (Wildman–Crippen MR) is 80.1 cm³/mol. The van der Waals surface area contributed by atoms with Crippen LogP contribution in [-0.2, 0) is 4.74 Å². The average molecular weight is 297 g/mol. The van der Waals surface area contributed by atoms with Crippen molar-refractivity contribution >= 4 is 0 Å². The van der Waals surface area contributed by atoms with E-state index in [-0.39, 0.29) is 23.2 Å². The summed E-state index contributed by atoms with van der Waals surface area (Å²) in [5, 5.41) is 3.35. The molecule has 0 spiro atoms. The van der Waals surface area contributed by atoms with Crippen molar-refractivity contribution < 1.29 is 13.5 Å². The van der Waals surface area contributed by atoms with Crippen LogP contribution in [0.2, 0.25) is 0 Å². The van der Waals surface area contributed by atoms with Gasteiger partial charge in [-0.15, -0.1) is 0 Å². The van der Waals surface area contributed by atoms with E-state index in [4.69, 9.17) is 4.74 Å². The van der Waals surface area contributed by atoms with E-state index in [1.165, 1.54) is 6.07 Å². The van der Waals surface area contributed by atoms with Crippen molar-refractivity contribution in [2.24, 2.45) is 5.92 Å². The Morgan fingerprint density at radius 3 is 2.43 bits per heavy atom. The van der Waals surface area contributed by atoms with Gasteiger partial charge in [0.25, 0.3) is 0 Å². The topological polar surface area (TPSA) is 21.3 Å². The van der Waals surface area contributed by atoms with Crippen molar-refractivity contribution in [3.05, 3.63) is 35.4 Å². The van der Waals surface area contributed by atoms with E-state index >= 15 is 0 Å². The molecule has 0 aromatic heterocycles. The second-order valence-electron chi connectivity index (χ2n) is 6.98. The van der Waals surface area contributed by atoms with Crippen LogP contribution in [-0.4, -0.2) is 17.7 Å². The molecule has 2 unspecified atom stereocenters. The van der Waals surface area contributed by atoms with Gasteiger partial charge < -0.3 is 10.1 Å². The Balaban J connectivity index is 2.39. The highest BCUT2D eigenvalue weighted by atomic mass is 19.1. The number of halogens is 2. The number of rotatable bonds is 4. The van der Waals surface area contributed by atoms with Crippen LogP contribution in [0, 0.1) is 17.6 Å². The Morgan fingerprint density at radius 2 is 1.95 bits per heavy atom. The van der Waals surface area contributed by atoms with Gasteiger partial charge in [0.1, 0.15) is 11.6 Å². The zero-order chi connectivity index (χ0) is 15.8.